The molecule has 0 N–H and O–H groups in total. The number of piperazine rings is 1. The van der Waals surface area contributed by atoms with Gasteiger partial charge >= 0.3 is 0 Å². The van der Waals surface area contributed by atoms with Crippen molar-refractivity contribution in [2.24, 2.45) is 11.8 Å². The SMILES string of the molecule is CC(=O)N(C1CCC(C)CC1)[C@@H]1C[C@H](C(=O)N2CCN(C)CC2)N(C(=O)C2CN(C(C)C)CC2c2ccc(Cl)cc2)C1. The molecule has 0 radical (unpaired) electrons. The van der Waals surface area contributed by atoms with Crippen molar-refractivity contribution < 1.29 is 14.4 Å². The van der Waals surface area contributed by atoms with E-state index in [4.69, 9.17) is 11.6 Å². The summed E-state index contributed by atoms with van der Waals surface area (Å²) >= 11 is 6.22. The summed E-state index contributed by atoms with van der Waals surface area (Å²) < 4.78 is 0. The van der Waals surface area contributed by atoms with Gasteiger partial charge in [0.1, 0.15) is 6.04 Å². The summed E-state index contributed by atoms with van der Waals surface area (Å²) in [5.74, 6) is 0.607. The Balaban J connectivity index is 1.44. The van der Waals surface area contributed by atoms with Gasteiger partial charge < -0.3 is 19.6 Å². The second-order valence-corrected chi connectivity index (χ2v) is 14.1. The van der Waals surface area contributed by atoms with Crippen molar-refractivity contribution in [2.75, 3.05) is 52.9 Å². The van der Waals surface area contributed by atoms with Crippen LogP contribution in [0, 0.1) is 11.8 Å². The molecule has 9 heteroatoms. The Morgan fingerprint density at radius 1 is 0.881 bits per heavy atom. The summed E-state index contributed by atoms with van der Waals surface area (Å²) in [6.45, 7) is 13.2. The number of benzene rings is 1. The van der Waals surface area contributed by atoms with Crippen LogP contribution in [0.2, 0.25) is 5.02 Å². The third-order valence-electron chi connectivity index (χ3n) is 10.5. The second-order valence-electron chi connectivity index (χ2n) is 13.7. The van der Waals surface area contributed by atoms with Crippen molar-refractivity contribution in [3.8, 4) is 0 Å². The van der Waals surface area contributed by atoms with Crippen LogP contribution in [0.25, 0.3) is 0 Å². The lowest BCUT2D eigenvalue weighted by Crippen LogP contribution is -2.54. The molecule has 0 bridgehead atoms. The number of amides is 3. The van der Waals surface area contributed by atoms with Crippen molar-refractivity contribution in [1.29, 1.82) is 0 Å². The van der Waals surface area contributed by atoms with E-state index >= 15 is 0 Å². The van der Waals surface area contributed by atoms with E-state index in [1.54, 1.807) is 6.92 Å². The van der Waals surface area contributed by atoms with E-state index < -0.39 is 6.04 Å². The lowest BCUT2D eigenvalue weighted by atomic mass is 9.86. The Kier molecular flexibility index (Phi) is 9.85. The van der Waals surface area contributed by atoms with E-state index in [0.717, 1.165) is 50.9 Å². The van der Waals surface area contributed by atoms with E-state index in [1.165, 1.54) is 0 Å². The molecule has 5 rings (SSSR count). The summed E-state index contributed by atoms with van der Waals surface area (Å²) in [5, 5.41) is 0.682. The molecule has 1 saturated carbocycles. The first-order valence-corrected chi connectivity index (χ1v) is 16.5. The minimum atomic E-state index is -0.533. The average molecular weight is 600 g/mol. The van der Waals surface area contributed by atoms with Gasteiger partial charge in [0.25, 0.3) is 0 Å². The Morgan fingerprint density at radius 2 is 1.52 bits per heavy atom. The molecule has 4 fully saturated rings. The topological polar surface area (TPSA) is 67.4 Å². The maximum Gasteiger partial charge on any atom is 0.245 e. The van der Waals surface area contributed by atoms with Crippen molar-refractivity contribution in [3.05, 3.63) is 34.9 Å². The molecule has 3 amide bonds. The summed E-state index contributed by atoms with van der Waals surface area (Å²) in [6, 6.07) is 7.71. The molecular weight excluding hydrogens is 550 g/mol. The van der Waals surface area contributed by atoms with Crippen LogP contribution in [0.5, 0.6) is 0 Å². The van der Waals surface area contributed by atoms with Crippen LogP contribution in [0.15, 0.2) is 24.3 Å². The highest BCUT2D eigenvalue weighted by Crippen LogP contribution is 2.39. The van der Waals surface area contributed by atoms with Gasteiger partial charge in [-0.15, -0.1) is 0 Å². The second kappa shape index (κ2) is 13.2. The molecule has 3 aliphatic heterocycles. The number of likely N-dealkylation sites (tertiary alicyclic amines) is 2. The van der Waals surface area contributed by atoms with E-state index in [2.05, 4.69) is 42.5 Å². The molecule has 0 spiro atoms. The standard InChI is InChI=1S/C33H50ClN5O3/c1-22(2)37-20-29(25-8-10-26(34)11-9-25)30(21-37)32(41)38-19-28(39(24(4)40)27-12-6-23(3)7-13-27)18-31(38)33(42)36-16-14-35(5)15-17-36/h8-11,22-23,27-31H,6-7,12-21H2,1-5H3/t23?,27?,28-,29?,30?,31-/m1/s1. The minimum Gasteiger partial charge on any atom is -0.338 e. The minimum absolute atomic E-state index is 0.0272. The number of hydrogen-bond donors (Lipinski definition) is 0. The molecule has 2 unspecified atom stereocenters. The highest BCUT2D eigenvalue weighted by atomic mass is 35.5. The number of rotatable bonds is 6. The van der Waals surface area contributed by atoms with Gasteiger partial charge in [0, 0.05) is 75.8 Å². The quantitative estimate of drug-likeness (QED) is 0.496. The Bertz CT molecular complexity index is 1110. The molecule has 3 saturated heterocycles. The first-order chi connectivity index (χ1) is 20.0. The number of carbonyl (C=O) groups excluding carboxylic acids is 3. The molecule has 0 aromatic heterocycles. The average Bonchev–Trinajstić information content (AvgIpc) is 3.60. The van der Waals surface area contributed by atoms with Gasteiger partial charge in [0.2, 0.25) is 17.7 Å². The van der Waals surface area contributed by atoms with Gasteiger partial charge in [-0.25, -0.2) is 0 Å². The normalized spacial score (nSPS) is 31.1. The maximum atomic E-state index is 14.7. The van der Waals surface area contributed by atoms with Gasteiger partial charge in [-0.2, -0.15) is 0 Å². The first kappa shape index (κ1) is 31.3. The lowest BCUT2D eigenvalue weighted by Gasteiger charge is -2.39. The molecule has 1 aliphatic carbocycles. The number of hydrogen-bond acceptors (Lipinski definition) is 5. The fraction of sp³-hybridized carbons (Fsp3) is 0.727. The molecule has 42 heavy (non-hydrogen) atoms. The maximum absolute atomic E-state index is 14.7. The van der Waals surface area contributed by atoms with Crippen LogP contribution in [0.3, 0.4) is 0 Å². The van der Waals surface area contributed by atoms with Crippen LogP contribution in [0.1, 0.15) is 71.3 Å². The van der Waals surface area contributed by atoms with Crippen LogP contribution >= 0.6 is 11.6 Å². The number of nitrogens with zero attached hydrogens (tertiary/aromatic N) is 5. The molecule has 1 aromatic rings. The Morgan fingerprint density at radius 3 is 2.12 bits per heavy atom. The van der Waals surface area contributed by atoms with Crippen molar-refractivity contribution in [1.82, 2.24) is 24.5 Å². The zero-order valence-electron chi connectivity index (χ0n) is 26.2. The molecule has 4 aliphatic rings. The largest absolute Gasteiger partial charge is 0.338 e. The molecule has 1 aromatic carbocycles. The van der Waals surface area contributed by atoms with Crippen LogP contribution in [-0.2, 0) is 14.4 Å². The van der Waals surface area contributed by atoms with Crippen molar-refractivity contribution >= 4 is 29.3 Å². The Labute approximate surface area is 257 Å². The molecule has 4 atom stereocenters. The molecular formula is C33H50ClN5O3. The van der Waals surface area contributed by atoms with Crippen LogP contribution < -0.4 is 0 Å². The van der Waals surface area contributed by atoms with Gasteiger partial charge in [-0.1, -0.05) is 30.7 Å². The van der Waals surface area contributed by atoms with Crippen LogP contribution in [-0.4, -0.2) is 119 Å². The number of halogens is 1. The third kappa shape index (κ3) is 6.66. The predicted molar refractivity (Wildman–Crippen MR) is 166 cm³/mol. The zero-order valence-corrected chi connectivity index (χ0v) is 26.9. The smallest absolute Gasteiger partial charge is 0.245 e. The monoisotopic (exact) mass is 599 g/mol. The molecule has 3 heterocycles. The highest BCUT2D eigenvalue weighted by Gasteiger charge is 2.50. The van der Waals surface area contributed by atoms with E-state index in [9.17, 15) is 14.4 Å². The Hall–Kier alpha value is -2.16. The third-order valence-corrected chi connectivity index (χ3v) is 10.7. The zero-order chi connectivity index (χ0) is 30.1. The summed E-state index contributed by atoms with van der Waals surface area (Å²) in [5.41, 5.74) is 1.11. The van der Waals surface area contributed by atoms with Crippen LogP contribution in [0.4, 0.5) is 0 Å². The fourth-order valence-corrected chi connectivity index (χ4v) is 7.96. The number of likely N-dealkylation sites (N-methyl/N-ethyl adjacent to an activating group) is 1. The highest BCUT2D eigenvalue weighted by molar-refractivity contribution is 6.30. The van der Waals surface area contributed by atoms with Gasteiger partial charge in [0.15, 0.2) is 0 Å². The summed E-state index contributed by atoms with van der Waals surface area (Å²) in [6.07, 6.45) is 4.74. The van der Waals surface area contributed by atoms with E-state index in [-0.39, 0.29) is 41.6 Å². The summed E-state index contributed by atoms with van der Waals surface area (Å²) in [4.78, 5) is 52.4. The van der Waals surface area contributed by atoms with E-state index in [1.807, 2.05) is 34.1 Å². The fourth-order valence-electron chi connectivity index (χ4n) is 7.83. The van der Waals surface area contributed by atoms with Gasteiger partial charge in [-0.3, -0.25) is 19.3 Å². The number of carbonyl (C=O) groups is 3. The first-order valence-electron chi connectivity index (χ1n) is 16.1. The predicted octanol–water partition coefficient (Wildman–Crippen LogP) is 3.93. The van der Waals surface area contributed by atoms with E-state index in [0.29, 0.717) is 49.6 Å². The molecule has 8 nitrogen and oxygen atoms in total. The molecule has 232 valence electrons. The van der Waals surface area contributed by atoms with Gasteiger partial charge in [-0.05, 0) is 76.6 Å². The van der Waals surface area contributed by atoms with Crippen molar-refractivity contribution in [3.63, 3.8) is 0 Å². The van der Waals surface area contributed by atoms with Gasteiger partial charge in [0.05, 0.1) is 12.0 Å². The lowest BCUT2D eigenvalue weighted by molar-refractivity contribution is -0.147. The van der Waals surface area contributed by atoms with Crippen molar-refractivity contribution in [2.45, 2.75) is 89.9 Å². The summed E-state index contributed by atoms with van der Waals surface area (Å²) in [7, 11) is 2.08.